The van der Waals surface area contributed by atoms with Crippen LogP contribution in [0.15, 0.2) is 46.3 Å². The molecule has 0 spiro atoms. The summed E-state index contributed by atoms with van der Waals surface area (Å²) in [5.41, 5.74) is 1.42. The summed E-state index contributed by atoms with van der Waals surface area (Å²) < 4.78 is 3.23. The van der Waals surface area contributed by atoms with Crippen LogP contribution in [0.1, 0.15) is 19.0 Å². The molecule has 9 heteroatoms. The van der Waals surface area contributed by atoms with Crippen molar-refractivity contribution in [2.24, 2.45) is 0 Å². The van der Waals surface area contributed by atoms with Crippen LogP contribution in [0.25, 0.3) is 5.69 Å². The van der Waals surface area contributed by atoms with Crippen molar-refractivity contribution in [3.8, 4) is 5.69 Å². The second-order valence-corrected chi connectivity index (χ2v) is 6.66. The number of para-hydroxylation sites is 1. The number of aromatic amines is 1. The number of anilines is 1. The third-order valence-corrected chi connectivity index (χ3v) is 4.58. The number of H-pyrrole nitrogens is 1. The zero-order valence-corrected chi connectivity index (χ0v) is 15.4. The highest BCUT2D eigenvalue weighted by Crippen LogP contribution is 2.18. The van der Waals surface area contributed by atoms with Crippen molar-refractivity contribution in [1.29, 1.82) is 0 Å². The number of hydrogen-bond donors (Lipinski definition) is 2. The van der Waals surface area contributed by atoms with Crippen LogP contribution in [-0.2, 0) is 11.3 Å². The third-order valence-electron chi connectivity index (χ3n) is 3.60. The van der Waals surface area contributed by atoms with E-state index < -0.39 is 0 Å². The number of aromatic nitrogens is 5. The number of thioether (sulfide) groups is 1. The molecule has 2 heterocycles. The summed E-state index contributed by atoms with van der Waals surface area (Å²) in [4.78, 5) is 24.0. The molecule has 0 aliphatic rings. The van der Waals surface area contributed by atoms with E-state index in [1.54, 1.807) is 4.68 Å². The molecular formula is C17H20N6O2S. The Morgan fingerprint density at radius 2 is 2.08 bits per heavy atom. The van der Waals surface area contributed by atoms with Gasteiger partial charge in [0.1, 0.15) is 5.82 Å². The zero-order valence-electron chi connectivity index (χ0n) is 14.6. The average Bonchev–Trinajstić information content (AvgIpc) is 3.17. The van der Waals surface area contributed by atoms with Crippen LogP contribution in [-0.4, -0.2) is 36.2 Å². The van der Waals surface area contributed by atoms with Gasteiger partial charge in [-0.15, -0.1) is 5.10 Å². The fraction of sp³-hybridized carbons (Fsp3) is 0.294. The standard InChI is InChI=1S/C17H20N6O2S/c1-3-9-22-16(25)19-20-17(22)26-11-15(24)18-14-10-12(2)21-23(14)13-7-5-4-6-8-13/h4-8,10H,3,9,11H2,1-2H3,(H,18,24)(H,19,25). The molecule has 136 valence electrons. The highest BCUT2D eigenvalue weighted by molar-refractivity contribution is 7.99. The lowest BCUT2D eigenvalue weighted by Gasteiger charge is -2.09. The third kappa shape index (κ3) is 4.05. The van der Waals surface area contributed by atoms with Gasteiger partial charge in [0.25, 0.3) is 0 Å². The lowest BCUT2D eigenvalue weighted by Crippen LogP contribution is -2.19. The lowest BCUT2D eigenvalue weighted by molar-refractivity contribution is -0.113. The molecule has 0 atom stereocenters. The number of hydrogen-bond acceptors (Lipinski definition) is 5. The van der Waals surface area contributed by atoms with Crippen LogP contribution >= 0.6 is 11.8 Å². The van der Waals surface area contributed by atoms with Crippen LogP contribution < -0.4 is 11.0 Å². The van der Waals surface area contributed by atoms with E-state index in [-0.39, 0.29) is 17.3 Å². The molecule has 0 fully saturated rings. The van der Waals surface area contributed by atoms with Crippen molar-refractivity contribution in [1.82, 2.24) is 24.5 Å². The summed E-state index contributed by atoms with van der Waals surface area (Å²) >= 11 is 1.22. The van der Waals surface area contributed by atoms with Crippen LogP contribution in [0, 0.1) is 6.92 Å². The van der Waals surface area contributed by atoms with Gasteiger partial charge in [-0.25, -0.2) is 14.6 Å². The smallest absolute Gasteiger partial charge is 0.310 e. The van der Waals surface area contributed by atoms with E-state index in [1.165, 1.54) is 16.3 Å². The fourth-order valence-electron chi connectivity index (χ4n) is 2.50. The minimum Gasteiger partial charge on any atom is -0.310 e. The molecule has 3 aromatic rings. The molecule has 1 aromatic carbocycles. The molecule has 0 bridgehead atoms. The number of nitrogens with zero attached hydrogens (tertiary/aromatic N) is 4. The predicted octanol–water partition coefficient (Wildman–Crippen LogP) is 2.21. The van der Waals surface area contributed by atoms with E-state index in [2.05, 4.69) is 20.6 Å². The number of benzene rings is 1. The minimum atomic E-state index is -0.257. The molecule has 0 aliphatic carbocycles. The fourth-order valence-corrected chi connectivity index (χ4v) is 3.27. The van der Waals surface area contributed by atoms with Gasteiger partial charge in [0.2, 0.25) is 5.91 Å². The minimum absolute atomic E-state index is 0.146. The lowest BCUT2D eigenvalue weighted by atomic mass is 10.3. The maximum absolute atomic E-state index is 12.4. The highest BCUT2D eigenvalue weighted by Gasteiger charge is 2.14. The summed E-state index contributed by atoms with van der Waals surface area (Å²) in [6.45, 7) is 4.42. The van der Waals surface area contributed by atoms with Gasteiger partial charge in [-0.3, -0.25) is 9.36 Å². The number of nitrogens with one attached hydrogen (secondary N) is 2. The van der Waals surface area contributed by atoms with E-state index in [9.17, 15) is 9.59 Å². The number of amides is 1. The molecule has 0 unspecified atom stereocenters. The predicted molar refractivity (Wildman–Crippen MR) is 101 cm³/mol. The molecule has 1 amide bonds. The van der Waals surface area contributed by atoms with E-state index in [4.69, 9.17) is 0 Å². The van der Waals surface area contributed by atoms with E-state index >= 15 is 0 Å². The number of carbonyl (C=O) groups is 1. The molecule has 2 aromatic heterocycles. The second-order valence-electron chi connectivity index (χ2n) is 5.72. The van der Waals surface area contributed by atoms with Crippen molar-refractivity contribution < 1.29 is 4.79 Å². The molecule has 0 radical (unpaired) electrons. The average molecular weight is 372 g/mol. The highest BCUT2D eigenvalue weighted by atomic mass is 32.2. The number of aryl methyl sites for hydroxylation is 1. The molecule has 3 rings (SSSR count). The molecule has 0 aliphatic heterocycles. The van der Waals surface area contributed by atoms with Gasteiger partial charge < -0.3 is 5.32 Å². The first-order valence-electron chi connectivity index (χ1n) is 8.28. The summed E-state index contributed by atoms with van der Waals surface area (Å²) in [5.74, 6) is 0.561. The topological polar surface area (TPSA) is 97.6 Å². The summed E-state index contributed by atoms with van der Waals surface area (Å²) in [6.07, 6.45) is 0.814. The van der Waals surface area contributed by atoms with Gasteiger partial charge in [-0.2, -0.15) is 5.10 Å². The number of rotatable bonds is 7. The van der Waals surface area contributed by atoms with Crippen molar-refractivity contribution in [3.63, 3.8) is 0 Å². The monoisotopic (exact) mass is 372 g/mol. The van der Waals surface area contributed by atoms with Crippen molar-refractivity contribution in [2.45, 2.75) is 32.0 Å². The summed E-state index contributed by atoms with van der Waals surface area (Å²) in [7, 11) is 0. The molecule has 8 nitrogen and oxygen atoms in total. The Kier molecular flexibility index (Phi) is 5.57. The Morgan fingerprint density at radius 1 is 1.31 bits per heavy atom. The maximum atomic E-state index is 12.4. The van der Waals surface area contributed by atoms with Gasteiger partial charge in [-0.05, 0) is 25.5 Å². The number of carbonyl (C=O) groups excluding carboxylic acids is 1. The Morgan fingerprint density at radius 3 is 2.81 bits per heavy atom. The molecular weight excluding hydrogens is 352 g/mol. The quantitative estimate of drug-likeness (QED) is 0.620. The maximum Gasteiger partial charge on any atom is 0.343 e. The largest absolute Gasteiger partial charge is 0.343 e. The summed E-state index contributed by atoms with van der Waals surface area (Å²) in [6, 6.07) is 11.4. The molecule has 2 N–H and O–H groups in total. The Bertz CT molecular complexity index is 944. The molecule has 0 saturated heterocycles. The molecule has 26 heavy (non-hydrogen) atoms. The van der Waals surface area contributed by atoms with Gasteiger partial charge in [0.15, 0.2) is 5.16 Å². The van der Waals surface area contributed by atoms with Crippen LogP contribution in [0.4, 0.5) is 5.82 Å². The first-order chi connectivity index (χ1) is 12.6. The van der Waals surface area contributed by atoms with Crippen molar-refractivity contribution >= 4 is 23.5 Å². The Labute approximate surface area is 154 Å². The van der Waals surface area contributed by atoms with E-state index in [0.29, 0.717) is 17.5 Å². The SMILES string of the molecule is CCCn1c(SCC(=O)Nc2cc(C)nn2-c2ccccc2)n[nH]c1=O. The molecule has 0 saturated carbocycles. The van der Waals surface area contributed by atoms with Crippen molar-refractivity contribution in [3.05, 3.63) is 52.6 Å². The Hall–Kier alpha value is -2.81. The van der Waals surface area contributed by atoms with Gasteiger partial charge in [0, 0.05) is 12.6 Å². The normalized spacial score (nSPS) is 10.8. The zero-order chi connectivity index (χ0) is 18.5. The van der Waals surface area contributed by atoms with Gasteiger partial charge >= 0.3 is 5.69 Å². The van der Waals surface area contributed by atoms with Gasteiger partial charge in [-0.1, -0.05) is 36.9 Å². The first-order valence-corrected chi connectivity index (χ1v) is 9.27. The van der Waals surface area contributed by atoms with E-state index in [0.717, 1.165) is 17.8 Å². The van der Waals surface area contributed by atoms with Crippen LogP contribution in [0.5, 0.6) is 0 Å². The second kappa shape index (κ2) is 8.05. The summed E-state index contributed by atoms with van der Waals surface area (Å²) in [5, 5.41) is 14.2. The van der Waals surface area contributed by atoms with Crippen LogP contribution in [0.2, 0.25) is 0 Å². The van der Waals surface area contributed by atoms with Gasteiger partial charge in [0.05, 0.1) is 17.1 Å². The Balaban J connectivity index is 1.69. The van der Waals surface area contributed by atoms with Crippen molar-refractivity contribution in [2.75, 3.05) is 11.1 Å². The first kappa shape index (κ1) is 18.0. The van der Waals surface area contributed by atoms with Crippen LogP contribution in [0.3, 0.4) is 0 Å². The van der Waals surface area contributed by atoms with E-state index in [1.807, 2.05) is 50.2 Å².